The molecule has 1 rings (SSSR count). The third-order valence-electron chi connectivity index (χ3n) is 1.33. The van der Waals surface area contributed by atoms with E-state index >= 15 is 0 Å². The summed E-state index contributed by atoms with van der Waals surface area (Å²) in [6.07, 6.45) is 0.777. The van der Waals surface area contributed by atoms with E-state index in [9.17, 15) is 4.79 Å². The van der Waals surface area contributed by atoms with Crippen molar-refractivity contribution in [2.24, 2.45) is 5.73 Å². The lowest BCUT2D eigenvalue weighted by molar-refractivity contribution is -0.120. The Hall–Kier alpha value is -0.570. The second-order valence-electron chi connectivity index (χ2n) is 2.25. The van der Waals surface area contributed by atoms with E-state index in [0.717, 1.165) is 6.42 Å². The van der Waals surface area contributed by atoms with Gasteiger partial charge in [0.25, 0.3) is 0 Å². The Labute approximate surface area is 48.2 Å². The average Bonchev–Trinajstić information content (AvgIpc) is 1.85. The van der Waals surface area contributed by atoms with Crippen LogP contribution in [0.4, 0.5) is 0 Å². The number of carbonyl (C=O) groups is 1. The van der Waals surface area contributed by atoms with E-state index in [1.165, 1.54) is 0 Å². The maximum absolute atomic E-state index is 10.5. The highest BCUT2D eigenvalue weighted by Gasteiger charge is 2.24. The van der Waals surface area contributed by atoms with E-state index in [2.05, 4.69) is 5.32 Å². The van der Waals surface area contributed by atoms with Crippen LogP contribution in [-0.2, 0) is 4.79 Å². The lowest BCUT2D eigenvalue weighted by Crippen LogP contribution is -2.30. The summed E-state index contributed by atoms with van der Waals surface area (Å²) >= 11 is 0. The van der Waals surface area contributed by atoms with Crippen molar-refractivity contribution in [2.75, 3.05) is 0 Å². The first-order valence-corrected chi connectivity index (χ1v) is 2.76. The van der Waals surface area contributed by atoms with Crippen molar-refractivity contribution in [3.05, 3.63) is 0 Å². The van der Waals surface area contributed by atoms with Crippen molar-refractivity contribution < 1.29 is 4.79 Å². The van der Waals surface area contributed by atoms with Crippen LogP contribution in [0.15, 0.2) is 0 Å². The van der Waals surface area contributed by atoms with Crippen LogP contribution in [0, 0.1) is 0 Å². The maximum Gasteiger partial charge on any atom is 0.237 e. The summed E-state index contributed by atoms with van der Waals surface area (Å²) in [5.41, 5.74) is 5.36. The third kappa shape index (κ3) is 0.816. The highest BCUT2D eigenvalue weighted by molar-refractivity contribution is 5.83. The van der Waals surface area contributed by atoms with E-state index in [-0.39, 0.29) is 18.0 Å². The second-order valence-corrected chi connectivity index (χ2v) is 2.25. The van der Waals surface area contributed by atoms with Crippen molar-refractivity contribution >= 4 is 5.91 Å². The predicted molar refractivity (Wildman–Crippen MR) is 30.2 cm³/mol. The Bertz CT molecular complexity index is 113. The molecule has 3 N–H and O–H groups in total. The molecule has 3 nitrogen and oxygen atoms in total. The van der Waals surface area contributed by atoms with Crippen LogP contribution in [0.25, 0.3) is 0 Å². The van der Waals surface area contributed by atoms with Gasteiger partial charge in [0.1, 0.15) is 0 Å². The fourth-order valence-electron chi connectivity index (χ4n) is 0.897. The zero-order valence-corrected chi connectivity index (χ0v) is 4.85. The molecule has 2 atom stereocenters. The molecule has 0 aromatic rings. The zero-order valence-electron chi connectivity index (χ0n) is 4.85. The SMILES string of the molecule is CC1C[C@@H](N)C(=O)N1. The molecule has 8 heavy (non-hydrogen) atoms. The van der Waals surface area contributed by atoms with Gasteiger partial charge in [-0.1, -0.05) is 0 Å². The third-order valence-corrected chi connectivity index (χ3v) is 1.33. The van der Waals surface area contributed by atoms with E-state index in [1.54, 1.807) is 0 Å². The Morgan fingerprint density at radius 2 is 2.50 bits per heavy atom. The number of hydrogen-bond acceptors (Lipinski definition) is 2. The number of carbonyl (C=O) groups excluding carboxylic acids is 1. The van der Waals surface area contributed by atoms with Crippen molar-refractivity contribution in [1.29, 1.82) is 0 Å². The van der Waals surface area contributed by atoms with Gasteiger partial charge in [-0.2, -0.15) is 0 Å². The van der Waals surface area contributed by atoms with Crippen LogP contribution in [0.5, 0.6) is 0 Å². The van der Waals surface area contributed by atoms with Crippen molar-refractivity contribution in [1.82, 2.24) is 5.32 Å². The van der Waals surface area contributed by atoms with Gasteiger partial charge in [0.2, 0.25) is 5.91 Å². The van der Waals surface area contributed by atoms with Crippen LogP contribution in [0.3, 0.4) is 0 Å². The van der Waals surface area contributed by atoms with Crippen LogP contribution in [0.2, 0.25) is 0 Å². The molecule has 1 unspecified atom stereocenters. The molecule has 0 bridgehead atoms. The van der Waals surface area contributed by atoms with Crippen LogP contribution < -0.4 is 11.1 Å². The lowest BCUT2D eigenvalue weighted by Gasteiger charge is -1.95. The first-order chi connectivity index (χ1) is 3.70. The van der Waals surface area contributed by atoms with E-state index in [1.807, 2.05) is 6.92 Å². The molecule has 0 spiro atoms. The van der Waals surface area contributed by atoms with Gasteiger partial charge in [-0.05, 0) is 13.3 Å². The van der Waals surface area contributed by atoms with Crippen molar-refractivity contribution in [3.63, 3.8) is 0 Å². The van der Waals surface area contributed by atoms with Gasteiger partial charge < -0.3 is 11.1 Å². The van der Waals surface area contributed by atoms with E-state index in [0.29, 0.717) is 0 Å². The second kappa shape index (κ2) is 1.74. The molecule has 0 aromatic heterocycles. The number of hydrogen-bond donors (Lipinski definition) is 2. The molecule has 1 fully saturated rings. The quantitative estimate of drug-likeness (QED) is 0.434. The smallest absolute Gasteiger partial charge is 0.237 e. The van der Waals surface area contributed by atoms with Gasteiger partial charge >= 0.3 is 0 Å². The number of nitrogens with one attached hydrogen (secondary N) is 1. The summed E-state index contributed by atoms with van der Waals surface area (Å²) in [6, 6.07) is 0.0162. The van der Waals surface area contributed by atoms with Gasteiger partial charge in [-0.25, -0.2) is 0 Å². The first kappa shape index (κ1) is 5.56. The van der Waals surface area contributed by atoms with E-state index in [4.69, 9.17) is 5.73 Å². The average molecular weight is 114 g/mol. The minimum Gasteiger partial charge on any atom is -0.352 e. The summed E-state index contributed by atoms with van der Waals surface area (Å²) in [7, 11) is 0. The largest absolute Gasteiger partial charge is 0.352 e. The fraction of sp³-hybridized carbons (Fsp3) is 0.800. The Morgan fingerprint density at radius 1 is 1.88 bits per heavy atom. The molecule has 0 radical (unpaired) electrons. The first-order valence-electron chi connectivity index (χ1n) is 2.76. The van der Waals surface area contributed by atoms with Gasteiger partial charge in [0.15, 0.2) is 0 Å². The topological polar surface area (TPSA) is 55.1 Å². The molecule has 0 aromatic carbocycles. The van der Waals surface area contributed by atoms with Crippen molar-refractivity contribution in [3.8, 4) is 0 Å². The van der Waals surface area contributed by atoms with Crippen LogP contribution in [0.1, 0.15) is 13.3 Å². The Balaban J connectivity index is 2.51. The molecule has 1 aliphatic heterocycles. The fourth-order valence-corrected chi connectivity index (χ4v) is 0.897. The molecule has 1 amide bonds. The van der Waals surface area contributed by atoms with E-state index < -0.39 is 0 Å². The minimum atomic E-state index is -0.259. The summed E-state index contributed by atoms with van der Waals surface area (Å²) in [6.45, 7) is 1.95. The lowest BCUT2D eigenvalue weighted by atomic mass is 10.2. The Morgan fingerprint density at radius 3 is 2.62 bits per heavy atom. The zero-order chi connectivity index (χ0) is 6.15. The molecule has 0 saturated carbocycles. The molecule has 1 heterocycles. The predicted octanol–water partition coefficient (Wildman–Crippen LogP) is -0.778. The van der Waals surface area contributed by atoms with Gasteiger partial charge in [-0.3, -0.25) is 4.79 Å². The monoisotopic (exact) mass is 114 g/mol. The maximum atomic E-state index is 10.5. The van der Waals surface area contributed by atoms with Gasteiger partial charge in [-0.15, -0.1) is 0 Å². The molecule has 46 valence electrons. The van der Waals surface area contributed by atoms with Gasteiger partial charge in [0.05, 0.1) is 6.04 Å². The number of nitrogens with two attached hydrogens (primary N) is 1. The minimum absolute atomic E-state index is 0.0162. The molecular weight excluding hydrogens is 104 g/mol. The molecule has 1 aliphatic rings. The summed E-state index contributed by atoms with van der Waals surface area (Å²) in [5, 5.41) is 2.70. The highest BCUT2D eigenvalue weighted by Crippen LogP contribution is 2.03. The van der Waals surface area contributed by atoms with Gasteiger partial charge in [0, 0.05) is 6.04 Å². The molecule has 0 aliphatic carbocycles. The summed E-state index contributed by atoms with van der Waals surface area (Å²) in [4.78, 5) is 10.5. The summed E-state index contributed by atoms with van der Waals surface area (Å²) in [5.74, 6) is -0.0162. The van der Waals surface area contributed by atoms with Crippen molar-refractivity contribution in [2.45, 2.75) is 25.4 Å². The van der Waals surface area contributed by atoms with Crippen LogP contribution >= 0.6 is 0 Å². The Kier molecular flexibility index (Phi) is 1.21. The summed E-state index contributed by atoms with van der Waals surface area (Å²) < 4.78 is 0. The molecule has 3 heteroatoms. The van der Waals surface area contributed by atoms with Crippen LogP contribution in [-0.4, -0.2) is 18.0 Å². The molecule has 1 saturated heterocycles. The highest BCUT2D eigenvalue weighted by atomic mass is 16.2. The normalized spacial score (nSPS) is 37.5. The number of amides is 1. The standard InChI is InChI=1S/C5H10N2O/c1-3-2-4(6)5(8)7-3/h3-4H,2,6H2,1H3,(H,7,8)/t3?,4-/m1/s1. The molecular formula is C5H10N2O. The number of rotatable bonds is 0.